The summed E-state index contributed by atoms with van der Waals surface area (Å²) in [6.45, 7) is 6.51. The zero-order valence-corrected chi connectivity index (χ0v) is 16.1. The molecular weight excluding hydrogens is 352 g/mol. The molecule has 2 heterocycles. The Morgan fingerprint density at radius 1 is 1.38 bits per heavy atom. The number of amides is 1. The Bertz CT molecular complexity index is 697. The number of aromatic nitrogens is 2. The van der Waals surface area contributed by atoms with Crippen molar-refractivity contribution >= 4 is 18.3 Å². The van der Waals surface area contributed by atoms with Gasteiger partial charge in [-0.05, 0) is 37.4 Å². The molecule has 0 spiro atoms. The van der Waals surface area contributed by atoms with Gasteiger partial charge in [0.15, 0.2) is 11.4 Å². The topological polar surface area (TPSA) is 68.2 Å². The zero-order valence-electron chi connectivity index (χ0n) is 15.3. The number of halogens is 1. The Balaban J connectivity index is 0.00000243. The van der Waals surface area contributed by atoms with Gasteiger partial charge in [-0.1, -0.05) is 32.0 Å². The summed E-state index contributed by atoms with van der Waals surface area (Å²) in [5.74, 6) is 0.722. The largest absolute Gasteiger partial charge is 0.489 e. The van der Waals surface area contributed by atoms with Crippen molar-refractivity contribution in [3.8, 4) is 11.4 Å². The average molecular weight is 379 g/mol. The average Bonchev–Trinajstić information content (AvgIpc) is 3.06. The highest BCUT2D eigenvalue weighted by Gasteiger charge is 2.23. The summed E-state index contributed by atoms with van der Waals surface area (Å²) in [5, 5.41) is 10.9. The molecule has 0 aliphatic carbocycles. The van der Waals surface area contributed by atoms with E-state index < -0.39 is 0 Å². The molecule has 0 radical (unpaired) electrons. The number of nitrogens with zero attached hydrogens (tertiary/aromatic N) is 2. The fourth-order valence-electron chi connectivity index (χ4n) is 2.82. The molecule has 1 saturated heterocycles. The molecular formula is C19H27ClN4O2. The Labute approximate surface area is 160 Å². The van der Waals surface area contributed by atoms with Crippen LogP contribution in [0, 0.1) is 5.92 Å². The lowest BCUT2D eigenvalue weighted by Crippen LogP contribution is -2.45. The fourth-order valence-corrected chi connectivity index (χ4v) is 2.82. The molecule has 1 amide bonds. The van der Waals surface area contributed by atoms with Crippen LogP contribution < -0.4 is 15.4 Å². The summed E-state index contributed by atoms with van der Waals surface area (Å²) >= 11 is 0. The van der Waals surface area contributed by atoms with E-state index in [0.29, 0.717) is 24.0 Å². The Kier molecular flexibility index (Phi) is 7.48. The van der Waals surface area contributed by atoms with Crippen LogP contribution in [0.4, 0.5) is 0 Å². The van der Waals surface area contributed by atoms with Crippen molar-refractivity contribution in [1.29, 1.82) is 0 Å². The van der Waals surface area contributed by atoms with Crippen molar-refractivity contribution in [2.24, 2.45) is 5.92 Å². The van der Waals surface area contributed by atoms with E-state index in [2.05, 4.69) is 29.6 Å². The molecule has 2 N–H and O–H groups in total. The van der Waals surface area contributed by atoms with Crippen molar-refractivity contribution < 1.29 is 9.53 Å². The number of ether oxygens (including phenoxy) is 1. The molecule has 0 saturated carbocycles. The molecule has 1 atom stereocenters. The molecule has 142 valence electrons. The second-order valence-electron chi connectivity index (χ2n) is 6.84. The standard InChI is InChI=1S/C19H26N4O2.ClH/c1-14(2)13-25-17-12-23(16-8-4-3-5-9-16)22-18(17)19(24)21-15-7-6-10-20-11-15;/h3-5,8-9,12,14-15,20H,6-7,10-11,13H2,1-2H3,(H,21,24);1H/t15-;/m0./s1. The molecule has 0 unspecified atom stereocenters. The Morgan fingerprint density at radius 3 is 2.81 bits per heavy atom. The molecule has 0 bridgehead atoms. The first-order valence-corrected chi connectivity index (χ1v) is 8.93. The van der Waals surface area contributed by atoms with E-state index in [-0.39, 0.29) is 24.4 Å². The van der Waals surface area contributed by atoms with Crippen LogP contribution in [0.2, 0.25) is 0 Å². The second kappa shape index (κ2) is 9.59. The molecule has 1 aliphatic rings. The summed E-state index contributed by atoms with van der Waals surface area (Å²) < 4.78 is 7.55. The summed E-state index contributed by atoms with van der Waals surface area (Å²) in [5.41, 5.74) is 1.24. The minimum atomic E-state index is -0.179. The SMILES string of the molecule is CC(C)COc1cn(-c2ccccc2)nc1C(=O)N[C@H]1CCCNC1.Cl. The number of hydrogen-bond donors (Lipinski definition) is 2. The van der Waals surface area contributed by atoms with E-state index >= 15 is 0 Å². The number of carbonyl (C=O) groups is 1. The Morgan fingerprint density at radius 2 is 2.15 bits per heavy atom. The molecule has 1 aromatic carbocycles. The van der Waals surface area contributed by atoms with E-state index in [9.17, 15) is 4.79 Å². The highest BCUT2D eigenvalue weighted by Crippen LogP contribution is 2.21. The maximum absolute atomic E-state index is 12.7. The number of benzene rings is 1. The minimum absolute atomic E-state index is 0. The summed E-state index contributed by atoms with van der Waals surface area (Å²) in [4.78, 5) is 12.7. The quantitative estimate of drug-likeness (QED) is 0.811. The van der Waals surface area contributed by atoms with Crippen molar-refractivity contribution in [1.82, 2.24) is 20.4 Å². The predicted octanol–water partition coefficient (Wildman–Crippen LogP) is 2.81. The van der Waals surface area contributed by atoms with Gasteiger partial charge in [0.2, 0.25) is 0 Å². The predicted molar refractivity (Wildman–Crippen MR) is 105 cm³/mol. The van der Waals surface area contributed by atoms with Gasteiger partial charge in [0.25, 0.3) is 5.91 Å². The molecule has 2 aromatic rings. The van der Waals surface area contributed by atoms with E-state index in [4.69, 9.17) is 4.74 Å². The summed E-state index contributed by atoms with van der Waals surface area (Å²) in [6, 6.07) is 9.88. The monoisotopic (exact) mass is 378 g/mol. The first-order valence-electron chi connectivity index (χ1n) is 8.93. The number of para-hydroxylation sites is 1. The van der Waals surface area contributed by atoms with Crippen LogP contribution >= 0.6 is 12.4 Å². The lowest BCUT2D eigenvalue weighted by atomic mass is 10.1. The van der Waals surface area contributed by atoms with Gasteiger partial charge in [0, 0.05) is 12.6 Å². The number of piperidine rings is 1. The van der Waals surface area contributed by atoms with Crippen LogP contribution in [0.15, 0.2) is 36.5 Å². The van der Waals surface area contributed by atoms with Crippen LogP contribution in [0.3, 0.4) is 0 Å². The van der Waals surface area contributed by atoms with Crippen molar-refractivity contribution in [2.75, 3.05) is 19.7 Å². The normalized spacial score (nSPS) is 16.8. The van der Waals surface area contributed by atoms with Gasteiger partial charge < -0.3 is 15.4 Å². The number of carbonyl (C=O) groups excluding carboxylic acids is 1. The van der Waals surface area contributed by atoms with Crippen LogP contribution in [-0.2, 0) is 0 Å². The van der Waals surface area contributed by atoms with E-state index in [0.717, 1.165) is 31.6 Å². The molecule has 1 fully saturated rings. The third-order valence-corrected chi connectivity index (χ3v) is 4.12. The van der Waals surface area contributed by atoms with Crippen LogP contribution in [0.5, 0.6) is 5.75 Å². The lowest BCUT2D eigenvalue weighted by molar-refractivity contribution is 0.0920. The van der Waals surface area contributed by atoms with Crippen molar-refractivity contribution in [3.63, 3.8) is 0 Å². The minimum Gasteiger partial charge on any atom is -0.489 e. The first kappa shape index (κ1) is 20.3. The molecule has 7 heteroatoms. The maximum Gasteiger partial charge on any atom is 0.275 e. The van der Waals surface area contributed by atoms with Gasteiger partial charge >= 0.3 is 0 Å². The van der Waals surface area contributed by atoms with E-state index in [1.54, 1.807) is 10.9 Å². The highest BCUT2D eigenvalue weighted by molar-refractivity contribution is 5.95. The maximum atomic E-state index is 12.7. The van der Waals surface area contributed by atoms with Gasteiger partial charge in [-0.15, -0.1) is 12.4 Å². The smallest absolute Gasteiger partial charge is 0.275 e. The molecule has 1 aromatic heterocycles. The fraction of sp³-hybridized carbons (Fsp3) is 0.474. The van der Waals surface area contributed by atoms with Crippen LogP contribution in [0.25, 0.3) is 5.69 Å². The van der Waals surface area contributed by atoms with Gasteiger partial charge in [0.1, 0.15) is 0 Å². The zero-order chi connectivity index (χ0) is 17.6. The first-order chi connectivity index (χ1) is 12.1. The third-order valence-electron chi connectivity index (χ3n) is 4.12. The summed E-state index contributed by atoms with van der Waals surface area (Å²) in [7, 11) is 0. The number of rotatable bonds is 6. The van der Waals surface area contributed by atoms with Crippen molar-refractivity contribution in [2.45, 2.75) is 32.7 Å². The van der Waals surface area contributed by atoms with Crippen LogP contribution in [-0.4, -0.2) is 41.4 Å². The van der Waals surface area contributed by atoms with Gasteiger partial charge in [0.05, 0.1) is 18.5 Å². The van der Waals surface area contributed by atoms with Gasteiger partial charge in [-0.2, -0.15) is 5.10 Å². The van der Waals surface area contributed by atoms with E-state index in [1.807, 2.05) is 30.3 Å². The van der Waals surface area contributed by atoms with Crippen molar-refractivity contribution in [3.05, 3.63) is 42.2 Å². The third kappa shape index (κ3) is 5.22. The van der Waals surface area contributed by atoms with E-state index in [1.165, 1.54) is 0 Å². The Hall–Kier alpha value is -2.05. The second-order valence-corrected chi connectivity index (χ2v) is 6.84. The van der Waals surface area contributed by atoms with Crippen LogP contribution in [0.1, 0.15) is 37.2 Å². The van der Waals surface area contributed by atoms with Gasteiger partial charge in [-0.25, -0.2) is 4.68 Å². The molecule has 6 nitrogen and oxygen atoms in total. The number of nitrogens with one attached hydrogen (secondary N) is 2. The molecule has 26 heavy (non-hydrogen) atoms. The lowest BCUT2D eigenvalue weighted by Gasteiger charge is -2.23. The number of hydrogen-bond acceptors (Lipinski definition) is 4. The highest BCUT2D eigenvalue weighted by atomic mass is 35.5. The van der Waals surface area contributed by atoms with Gasteiger partial charge in [-0.3, -0.25) is 4.79 Å². The molecule has 1 aliphatic heterocycles. The summed E-state index contributed by atoms with van der Waals surface area (Å²) in [6.07, 6.45) is 3.84. The molecule has 3 rings (SSSR count).